The Balaban J connectivity index is 3.15. The number of nitrogens with zero attached hydrogens (tertiary/aromatic N) is 1. The molecule has 0 fully saturated rings. The maximum atomic E-state index is 11.2. The number of benzene rings is 1. The molecule has 0 aliphatic heterocycles. The molecule has 0 aromatic heterocycles. The van der Waals surface area contributed by atoms with Crippen LogP contribution >= 0.6 is 0 Å². The minimum absolute atomic E-state index is 0.0194. The zero-order chi connectivity index (χ0) is 13.8. The fourth-order valence-corrected chi connectivity index (χ4v) is 1.77. The van der Waals surface area contributed by atoms with Crippen LogP contribution in [0.15, 0.2) is 24.3 Å². The summed E-state index contributed by atoms with van der Waals surface area (Å²) in [6, 6.07) is 8.26. The highest BCUT2D eigenvalue weighted by atomic mass is 16.4. The number of carboxylic acids is 2. The van der Waals surface area contributed by atoms with Crippen molar-refractivity contribution in [2.24, 2.45) is 5.41 Å². The standard InChI is InChI=1S/C13H13NO4/c1-2-13(11(15)16,12(17)18)7-9-4-3-5-10(6-9)8-14/h3-6H,2,7H2,1H3,(H,15,16)(H,17,18). The number of hydrogen-bond donors (Lipinski definition) is 2. The van der Waals surface area contributed by atoms with Gasteiger partial charge in [-0.15, -0.1) is 0 Å². The molecule has 0 radical (unpaired) electrons. The third-order valence-electron chi connectivity index (χ3n) is 2.98. The van der Waals surface area contributed by atoms with Crippen LogP contribution in [0.25, 0.3) is 0 Å². The third-order valence-corrected chi connectivity index (χ3v) is 2.98. The first-order chi connectivity index (χ1) is 8.46. The zero-order valence-electron chi connectivity index (χ0n) is 9.88. The lowest BCUT2D eigenvalue weighted by Crippen LogP contribution is -2.40. The Kier molecular flexibility index (Phi) is 4.05. The second-order valence-corrected chi connectivity index (χ2v) is 4.03. The summed E-state index contributed by atoms with van der Waals surface area (Å²) in [5, 5.41) is 27.0. The van der Waals surface area contributed by atoms with Crippen molar-refractivity contribution in [2.45, 2.75) is 19.8 Å². The number of carboxylic acid groups (broad SMARTS) is 2. The van der Waals surface area contributed by atoms with Gasteiger partial charge in [0, 0.05) is 0 Å². The van der Waals surface area contributed by atoms with Crippen molar-refractivity contribution in [1.29, 1.82) is 5.26 Å². The van der Waals surface area contributed by atoms with Gasteiger partial charge in [-0.25, -0.2) is 0 Å². The fraction of sp³-hybridized carbons (Fsp3) is 0.308. The molecule has 18 heavy (non-hydrogen) atoms. The first-order valence-corrected chi connectivity index (χ1v) is 5.42. The van der Waals surface area contributed by atoms with Crippen LogP contribution in [-0.4, -0.2) is 22.2 Å². The quantitative estimate of drug-likeness (QED) is 0.771. The van der Waals surface area contributed by atoms with Crippen molar-refractivity contribution in [2.75, 3.05) is 0 Å². The number of rotatable bonds is 5. The van der Waals surface area contributed by atoms with E-state index in [1.165, 1.54) is 13.0 Å². The highest BCUT2D eigenvalue weighted by Gasteiger charge is 2.44. The topological polar surface area (TPSA) is 98.4 Å². The van der Waals surface area contributed by atoms with Crippen molar-refractivity contribution >= 4 is 11.9 Å². The molecular formula is C13H13NO4. The number of carbonyl (C=O) groups is 2. The van der Waals surface area contributed by atoms with Gasteiger partial charge in [0.2, 0.25) is 0 Å². The minimum atomic E-state index is -1.84. The molecule has 5 heteroatoms. The maximum absolute atomic E-state index is 11.2. The highest BCUT2D eigenvalue weighted by molar-refractivity contribution is 5.98. The predicted molar refractivity (Wildman–Crippen MR) is 62.9 cm³/mol. The molecule has 0 amide bonds. The molecule has 0 spiro atoms. The zero-order valence-corrected chi connectivity index (χ0v) is 9.88. The van der Waals surface area contributed by atoms with Crippen LogP contribution in [0.5, 0.6) is 0 Å². The van der Waals surface area contributed by atoms with Crippen molar-refractivity contribution in [1.82, 2.24) is 0 Å². The molecule has 0 heterocycles. The molecule has 0 bridgehead atoms. The molecule has 5 nitrogen and oxygen atoms in total. The van der Waals surface area contributed by atoms with Gasteiger partial charge in [-0.05, 0) is 30.5 Å². The van der Waals surface area contributed by atoms with Gasteiger partial charge in [0.25, 0.3) is 0 Å². The molecule has 1 aromatic rings. The predicted octanol–water partition coefficient (Wildman–Crippen LogP) is 1.67. The SMILES string of the molecule is CCC(Cc1cccc(C#N)c1)(C(=O)O)C(=O)O. The summed E-state index contributed by atoms with van der Waals surface area (Å²) in [6.07, 6.45) is -0.155. The van der Waals surface area contributed by atoms with E-state index in [-0.39, 0.29) is 12.8 Å². The van der Waals surface area contributed by atoms with Crippen LogP contribution in [0.4, 0.5) is 0 Å². The Morgan fingerprint density at radius 2 is 1.94 bits per heavy atom. The molecule has 2 N–H and O–H groups in total. The average molecular weight is 247 g/mol. The molecule has 0 atom stereocenters. The molecule has 0 saturated heterocycles. The second-order valence-electron chi connectivity index (χ2n) is 4.03. The van der Waals surface area contributed by atoms with Crippen LogP contribution in [0.3, 0.4) is 0 Å². The second kappa shape index (κ2) is 5.32. The van der Waals surface area contributed by atoms with Crippen molar-refractivity contribution in [3.8, 4) is 6.07 Å². The monoisotopic (exact) mass is 247 g/mol. The molecule has 94 valence electrons. The fourth-order valence-electron chi connectivity index (χ4n) is 1.77. The van der Waals surface area contributed by atoms with Crippen LogP contribution in [0, 0.1) is 16.7 Å². The Morgan fingerprint density at radius 1 is 1.33 bits per heavy atom. The van der Waals surface area contributed by atoms with Gasteiger partial charge in [0.1, 0.15) is 0 Å². The van der Waals surface area contributed by atoms with Crippen molar-refractivity contribution in [3.05, 3.63) is 35.4 Å². The van der Waals surface area contributed by atoms with E-state index in [4.69, 9.17) is 15.5 Å². The number of hydrogen-bond acceptors (Lipinski definition) is 3. The first-order valence-electron chi connectivity index (χ1n) is 5.42. The van der Waals surface area contributed by atoms with Gasteiger partial charge in [0.05, 0.1) is 11.6 Å². The average Bonchev–Trinajstić information content (AvgIpc) is 2.35. The van der Waals surface area contributed by atoms with E-state index in [9.17, 15) is 9.59 Å². The van der Waals surface area contributed by atoms with E-state index in [1.807, 2.05) is 6.07 Å². The summed E-state index contributed by atoms with van der Waals surface area (Å²) < 4.78 is 0. The summed E-state index contributed by atoms with van der Waals surface area (Å²) in [4.78, 5) is 22.4. The van der Waals surface area contributed by atoms with Gasteiger partial charge in [-0.2, -0.15) is 5.26 Å². The van der Waals surface area contributed by atoms with Crippen molar-refractivity contribution < 1.29 is 19.8 Å². The van der Waals surface area contributed by atoms with Crippen LogP contribution < -0.4 is 0 Å². The van der Waals surface area contributed by atoms with E-state index in [0.717, 1.165) is 0 Å². The van der Waals surface area contributed by atoms with E-state index < -0.39 is 17.4 Å². The lowest BCUT2D eigenvalue weighted by Gasteiger charge is -2.23. The maximum Gasteiger partial charge on any atom is 0.321 e. The lowest BCUT2D eigenvalue weighted by atomic mass is 9.79. The summed E-state index contributed by atoms with van der Waals surface area (Å²) in [5.74, 6) is -2.72. The van der Waals surface area contributed by atoms with E-state index in [0.29, 0.717) is 11.1 Å². The minimum Gasteiger partial charge on any atom is -0.480 e. The van der Waals surface area contributed by atoms with Crippen LogP contribution in [0.1, 0.15) is 24.5 Å². The smallest absolute Gasteiger partial charge is 0.321 e. The molecule has 1 rings (SSSR count). The Bertz CT molecular complexity index is 502. The first kappa shape index (κ1) is 13.7. The van der Waals surface area contributed by atoms with Crippen LogP contribution in [0.2, 0.25) is 0 Å². The van der Waals surface area contributed by atoms with Gasteiger partial charge >= 0.3 is 11.9 Å². The van der Waals surface area contributed by atoms with Crippen LogP contribution in [-0.2, 0) is 16.0 Å². The number of aliphatic carboxylic acids is 2. The van der Waals surface area contributed by atoms with Gasteiger partial charge in [-0.3, -0.25) is 9.59 Å². The van der Waals surface area contributed by atoms with E-state index in [1.54, 1.807) is 18.2 Å². The molecule has 0 aliphatic rings. The summed E-state index contributed by atoms with van der Waals surface area (Å²) in [7, 11) is 0. The lowest BCUT2D eigenvalue weighted by molar-refractivity contribution is -0.164. The van der Waals surface area contributed by atoms with Gasteiger partial charge in [0.15, 0.2) is 5.41 Å². The van der Waals surface area contributed by atoms with E-state index in [2.05, 4.69) is 0 Å². The molecule has 1 aromatic carbocycles. The summed E-state index contributed by atoms with van der Waals surface area (Å²) in [5.41, 5.74) is -0.928. The van der Waals surface area contributed by atoms with Gasteiger partial charge < -0.3 is 10.2 Å². The molecule has 0 saturated carbocycles. The summed E-state index contributed by atoms with van der Waals surface area (Å²) in [6.45, 7) is 1.52. The third kappa shape index (κ3) is 2.48. The normalized spacial score (nSPS) is 10.7. The van der Waals surface area contributed by atoms with E-state index >= 15 is 0 Å². The molecule has 0 aliphatic carbocycles. The highest BCUT2D eigenvalue weighted by Crippen LogP contribution is 2.28. The molecular weight excluding hydrogens is 234 g/mol. The summed E-state index contributed by atoms with van der Waals surface area (Å²) >= 11 is 0. The Hall–Kier alpha value is -2.35. The largest absolute Gasteiger partial charge is 0.480 e. The van der Waals surface area contributed by atoms with Gasteiger partial charge in [-0.1, -0.05) is 19.1 Å². The Labute approximate surface area is 104 Å². The number of nitriles is 1. The molecule has 0 unspecified atom stereocenters. The Morgan fingerprint density at radius 3 is 2.39 bits per heavy atom. The van der Waals surface area contributed by atoms with Crippen molar-refractivity contribution in [3.63, 3.8) is 0 Å².